The van der Waals surface area contributed by atoms with Crippen LogP contribution in [0.15, 0.2) is 60.0 Å². The van der Waals surface area contributed by atoms with Gasteiger partial charge in [0.25, 0.3) is 0 Å². The van der Waals surface area contributed by atoms with E-state index < -0.39 is 0 Å². The lowest BCUT2D eigenvalue weighted by molar-refractivity contribution is -0.113. The lowest BCUT2D eigenvalue weighted by atomic mass is 10.2. The highest BCUT2D eigenvalue weighted by atomic mass is 32.2. The van der Waals surface area contributed by atoms with Crippen LogP contribution in [0.4, 0.5) is 5.69 Å². The first kappa shape index (κ1) is 20.4. The highest BCUT2D eigenvalue weighted by Crippen LogP contribution is 2.23. The number of hydrogen-bond acceptors (Lipinski definition) is 6. The SMILES string of the molecule is COc1cccc(-n2cnnc2SCC(=O)Nc2ccc(CN3CCCC3)cc2)c1. The molecule has 3 aromatic rings. The number of thioether (sulfide) groups is 1. The average Bonchev–Trinajstić information content (AvgIpc) is 3.46. The Kier molecular flexibility index (Phi) is 6.66. The third kappa shape index (κ3) is 5.20. The number of carbonyl (C=O) groups excluding carboxylic acids is 1. The van der Waals surface area contributed by atoms with Gasteiger partial charge in [0.05, 0.1) is 18.6 Å². The molecule has 1 amide bonds. The van der Waals surface area contributed by atoms with Gasteiger partial charge in [-0.1, -0.05) is 30.0 Å². The molecule has 4 rings (SSSR count). The van der Waals surface area contributed by atoms with Gasteiger partial charge in [0.1, 0.15) is 12.1 Å². The smallest absolute Gasteiger partial charge is 0.234 e. The van der Waals surface area contributed by atoms with Crippen LogP contribution in [0.5, 0.6) is 5.75 Å². The summed E-state index contributed by atoms with van der Waals surface area (Å²) in [5, 5.41) is 11.7. The summed E-state index contributed by atoms with van der Waals surface area (Å²) in [4.78, 5) is 14.9. The van der Waals surface area contributed by atoms with E-state index in [-0.39, 0.29) is 11.7 Å². The summed E-state index contributed by atoms with van der Waals surface area (Å²) >= 11 is 1.34. The second kappa shape index (κ2) is 9.77. The van der Waals surface area contributed by atoms with E-state index in [0.29, 0.717) is 5.16 Å². The fourth-order valence-corrected chi connectivity index (χ4v) is 4.21. The average molecular weight is 424 g/mol. The lowest BCUT2D eigenvalue weighted by Gasteiger charge is -2.14. The van der Waals surface area contributed by atoms with E-state index in [1.54, 1.807) is 13.4 Å². The summed E-state index contributed by atoms with van der Waals surface area (Å²) in [6.07, 6.45) is 4.21. The van der Waals surface area contributed by atoms with E-state index in [4.69, 9.17) is 4.74 Å². The van der Waals surface area contributed by atoms with Crippen molar-refractivity contribution in [1.29, 1.82) is 0 Å². The van der Waals surface area contributed by atoms with Crippen LogP contribution in [0.25, 0.3) is 5.69 Å². The first-order valence-corrected chi connectivity index (χ1v) is 11.0. The van der Waals surface area contributed by atoms with Gasteiger partial charge >= 0.3 is 0 Å². The van der Waals surface area contributed by atoms with E-state index in [0.717, 1.165) is 23.7 Å². The van der Waals surface area contributed by atoms with Gasteiger partial charge in [-0.2, -0.15) is 0 Å². The van der Waals surface area contributed by atoms with Gasteiger partial charge in [-0.05, 0) is 55.8 Å². The van der Waals surface area contributed by atoms with Crippen molar-refractivity contribution in [3.05, 3.63) is 60.4 Å². The molecule has 7 nitrogen and oxygen atoms in total. The van der Waals surface area contributed by atoms with Crippen molar-refractivity contribution in [2.45, 2.75) is 24.5 Å². The fourth-order valence-electron chi connectivity index (χ4n) is 3.48. The third-order valence-electron chi connectivity index (χ3n) is 5.02. The molecule has 1 fully saturated rings. The highest BCUT2D eigenvalue weighted by molar-refractivity contribution is 7.99. The number of rotatable bonds is 8. The van der Waals surface area contributed by atoms with E-state index in [2.05, 4.69) is 32.5 Å². The summed E-state index contributed by atoms with van der Waals surface area (Å²) in [5.41, 5.74) is 2.96. The molecule has 0 bridgehead atoms. The summed E-state index contributed by atoms with van der Waals surface area (Å²) in [6.45, 7) is 3.33. The molecule has 0 atom stereocenters. The van der Waals surface area contributed by atoms with Crippen LogP contribution in [-0.4, -0.2) is 51.5 Å². The number of nitrogens with zero attached hydrogens (tertiary/aromatic N) is 4. The van der Waals surface area contributed by atoms with Crippen LogP contribution in [0, 0.1) is 0 Å². The van der Waals surface area contributed by atoms with E-state index >= 15 is 0 Å². The predicted molar refractivity (Wildman–Crippen MR) is 118 cm³/mol. The normalized spacial score (nSPS) is 14.0. The number of benzene rings is 2. The summed E-state index contributed by atoms with van der Waals surface area (Å²) in [5.74, 6) is 0.925. The van der Waals surface area contributed by atoms with E-state index in [9.17, 15) is 4.79 Å². The first-order valence-electron chi connectivity index (χ1n) is 10.00. The molecule has 0 spiro atoms. The number of aromatic nitrogens is 3. The largest absolute Gasteiger partial charge is 0.497 e. The molecule has 2 aromatic carbocycles. The van der Waals surface area contributed by atoms with Crippen molar-refractivity contribution >= 4 is 23.4 Å². The van der Waals surface area contributed by atoms with Gasteiger partial charge < -0.3 is 10.1 Å². The quantitative estimate of drug-likeness (QED) is 0.558. The second-order valence-electron chi connectivity index (χ2n) is 7.20. The van der Waals surface area contributed by atoms with Crippen molar-refractivity contribution in [2.75, 3.05) is 31.3 Å². The van der Waals surface area contributed by atoms with Gasteiger partial charge in [-0.25, -0.2) is 0 Å². The zero-order valence-corrected chi connectivity index (χ0v) is 17.8. The fraction of sp³-hybridized carbons (Fsp3) is 0.318. The Balaban J connectivity index is 1.31. The number of hydrogen-bond donors (Lipinski definition) is 1. The predicted octanol–water partition coefficient (Wildman–Crippen LogP) is 3.60. The minimum absolute atomic E-state index is 0.0764. The monoisotopic (exact) mass is 423 g/mol. The third-order valence-corrected chi connectivity index (χ3v) is 5.97. The molecule has 1 aliphatic rings. The van der Waals surface area contributed by atoms with Crippen molar-refractivity contribution < 1.29 is 9.53 Å². The van der Waals surface area contributed by atoms with Crippen molar-refractivity contribution in [3.63, 3.8) is 0 Å². The van der Waals surface area contributed by atoms with Crippen LogP contribution in [0.1, 0.15) is 18.4 Å². The summed E-state index contributed by atoms with van der Waals surface area (Å²) in [6, 6.07) is 15.7. The number of nitrogens with one attached hydrogen (secondary N) is 1. The zero-order valence-electron chi connectivity index (χ0n) is 17.0. The van der Waals surface area contributed by atoms with Gasteiger partial charge in [-0.15, -0.1) is 10.2 Å². The molecule has 2 heterocycles. The Morgan fingerprint density at radius 1 is 1.17 bits per heavy atom. The number of anilines is 1. The topological polar surface area (TPSA) is 72.3 Å². The standard InChI is InChI=1S/C22H25N5O2S/c1-29-20-6-4-5-19(13-20)27-16-23-25-22(27)30-15-21(28)24-18-9-7-17(8-10-18)14-26-11-2-3-12-26/h4-10,13,16H,2-3,11-12,14-15H2,1H3,(H,24,28). The number of carbonyl (C=O) groups is 1. The molecule has 0 saturated carbocycles. The van der Waals surface area contributed by atoms with Gasteiger partial charge in [0.15, 0.2) is 5.16 Å². The zero-order chi connectivity index (χ0) is 20.8. The molecule has 30 heavy (non-hydrogen) atoms. The Bertz CT molecular complexity index is 983. The number of amides is 1. The van der Waals surface area contributed by atoms with E-state index in [1.807, 2.05) is 41.0 Å². The molecule has 1 saturated heterocycles. The minimum Gasteiger partial charge on any atom is -0.497 e. The van der Waals surface area contributed by atoms with Crippen LogP contribution in [0.3, 0.4) is 0 Å². The molecule has 0 radical (unpaired) electrons. The number of methoxy groups -OCH3 is 1. The maximum absolute atomic E-state index is 12.4. The van der Waals surface area contributed by atoms with Gasteiger partial charge in [0, 0.05) is 18.3 Å². The van der Waals surface area contributed by atoms with Gasteiger partial charge in [-0.3, -0.25) is 14.3 Å². The molecule has 1 aromatic heterocycles. The second-order valence-corrected chi connectivity index (χ2v) is 8.14. The Hall–Kier alpha value is -2.84. The highest BCUT2D eigenvalue weighted by Gasteiger charge is 2.13. The molecular formula is C22H25N5O2S. The Morgan fingerprint density at radius 3 is 2.73 bits per heavy atom. The molecule has 1 N–H and O–H groups in total. The van der Waals surface area contributed by atoms with Crippen LogP contribution in [0.2, 0.25) is 0 Å². The lowest BCUT2D eigenvalue weighted by Crippen LogP contribution is -2.18. The Labute approximate surface area is 180 Å². The molecule has 0 unspecified atom stereocenters. The van der Waals surface area contributed by atoms with Crippen LogP contribution in [-0.2, 0) is 11.3 Å². The number of ether oxygens (including phenoxy) is 1. The van der Waals surface area contributed by atoms with Crippen molar-refractivity contribution in [1.82, 2.24) is 19.7 Å². The molecular weight excluding hydrogens is 398 g/mol. The summed E-state index contributed by atoms with van der Waals surface area (Å²) < 4.78 is 7.12. The summed E-state index contributed by atoms with van der Waals surface area (Å²) in [7, 11) is 1.63. The number of likely N-dealkylation sites (tertiary alicyclic amines) is 1. The Morgan fingerprint density at radius 2 is 1.97 bits per heavy atom. The van der Waals surface area contributed by atoms with Crippen molar-refractivity contribution in [2.24, 2.45) is 0 Å². The minimum atomic E-state index is -0.0764. The molecule has 1 aliphatic heterocycles. The van der Waals surface area contributed by atoms with E-state index in [1.165, 1.54) is 43.3 Å². The maximum atomic E-state index is 12.4. The van der Waals surface area contributed by atoms with Crippen molar-refractivity contribution in [3.8, 4) is 11.4 Å². The molecule has 0 aliphatic carbocycles. The van der Waals surface area contributed by atoms with Crippen LogP contribution >= 0.6 is 11.8 Å². The van der Waals surface area contributed by atoms with Crippen LogP contribution < -0.4 is 10.1 Å². The first-order chi connectivity index (χ1) is 14.7. The maximum Gasteiger partial charge on any atom is 0.234 e. The molecule has 156 valence electrons. The van der Waals surface area contributed by atoms with Gasteiger partial charge in [0.2, 0.25) is 5.91 Å². The molecule has 8 heteroatoms.